The van der Waals surface area contributed by atoms with E-state index in [0.717, 1.165) is 5.56 Å². The molecule has 0 aliphatic carbocycles. The van der Waals surface area contributed by atoms with E-state index in [1.165, 1.54) is 12.1 Å². The van der Waals surface area contributed by atoms with Gasteiger partial charge in [-0.3, -0.25) is 4.79 Å². The Kier molecular flexibility index (Phi) is 3.65. The zero-order valence-electron chi connectivity index (χ0n) is 14.1. The van der Waals surface area contributed by atoms with Gasteiger partial charge in [0, 0.05) is 11.3 Å². The maximum absolute atomic E-state index is 13.9. The van der Waals surface area contributed by atoms with Gasteiger partial charge < -0.3 is 20.1 Å². The summed E-state index contributed by atoms with van der Waals surface area (Å²) in [6, 6.07) is 9.61. The van der Waals surface area contributed by atoms with Crippen LogP contribution >= 0.6 is 0 Å². The monoisotopic (exact) mass is 342 g/mol. The van der Waals surface area contributed by atoms with Gasteiger partial charge in [-0.2, -0.15) is 0 Å². The molecule has 4 rings (SSSR count). The van der Waals surface area contributed by atoms with Crippen LogP contribution in [0.4, 0.5) is 10.1 Å². The highest BCUT2D eigenvalue weighted by Gasteiger charge is 2.56. The SMILES string of the molecule is COc1ccc(OC)c(C2NCCC23C(=O)Nc2ccc(F)cc23)c1. The third-order valence-corrected chi connectivity index (χ3v) is 5.22. The second kappa shape index (κ2) is 5.74. The van der Waals surface area contributed by atoms with Crippen LogP contribution in [-0.2, 0) is 10.2 Å². The quantitative estimate of drug-likeness (QED) is 0.900. The Bertz CT molecular complexity index is 855. The molecule has 0 aromatic heterocycles. The van der Waals surface area contributed by atoms with Gasteiger partial charge >= 0.3 is 0 Å². The number of hydrogen-bond donors (Lipinski definition) is 2. The first-order valence-electron chi connectivity index (χ1n) is 8.17. The number of amides is 1. The smallest absolute Gasteiger partial charge is 0.237 e. The number of halogens is 1. The lowest BCUT2D eigenvalue weighted by molar-refractivity contribution is -0.121. The molecule has 0 bridgehead atoms. The van der Waals surface area contributed by atoms with Gasteiger partial charge in [0.2, 0.25) is 5.91 Å². The predicted molar refractivity (Wildman–Crippen MR) is 91.6 cm³/mol. The Balaban J connectivity index is 1.90. The number of fused-ring (bicyclic) bond motifs is 2. The number of benzene rings is 2. The Morgan fingerprint density at radius 3 is 2.76 bits per heavy atom. The van der Waals surface area contributed by atoms with Crippen molar-refractivity contribution in [2.24, 2.45) is 0 Å². The molecule has 2 heterocycles. The molecule has 2 aliphatic rings. The Labute approximate surface area is 145 Å². The molecular weight excluding hydrogens is 323 g/mol. The van der Waals surface area contributed by atoms with Crippen LogP contribution in [0.5, 0.6) is 11.5 Å². The number of rotatable bonds is 3. The average molecular weight is 342 g/mol. The lowest BCUT2D eigenvalue weighted by Gasteiger charge is -2.30. The second-order valence-electron chi connectivity index (χ2n) is 6.36. The largest absolute Gasteiger partial charge is 0.497 e. The lowest BCUT2D eigenvalue weighted by Crippen LogP contribution is -2.39. The van der Waals surface area contributed by atoms with E-state index >= 15 is 0 Å². The van der Waals surface area contributed by atoms with Crippen molar-refractivity contribution < 1.29 is 18.7 Å². The molecule has 2 N–H and O–H groups in total. The maximum Gasteiger partial charge on any atom is 0.237 e. The molecule has 1 spiro atoms. The topological polar surface area (TPSA) is 59.6 Å². The van der Waals surface area contributed by atoms with Crippen LogP contribution in [0.3, 0.4) is 0 Å². The van der Waals surface area contributed by atoms with Crippen LogP contribution in [-0.4, -0.2) is 26.7 Å². The van der Waals surface area contributed by atoms with Crippen LogP contribution in [0.15, 0.2) is 36.4 Å². The van der Waals surface area contributed by atoms with Crippen molar-refractivity contribution >= 4 is 11.6 Å². The Hall–Kier alpha value is -2.60. The normalized spacial score (nSPS) is 24.3. The van der Waals surface area contributed by atoms with Gasteiger partial charge in [-0.05, 0) is 54.9 Å². The third-order valence-electron chi connectivity index (χ3n) is 5.22. The van der Waals surface area contributed by atoms with Crippen LogP contribution in [0, 0.1) is 5.82 Å². The number of hydrogen-bond acceptors (Lipinski definition) is 4. The van der Waals surface area contributed by atoms with E-state index in [-0.39, 0.29) is 17.8 Å². The van der Waals surface area contributed by atoms with E-state index in [1.54, 1.807) is 20.3 Å². The van der Waals surface area contributed by atoms with Crippen molar-refractivity contribution in [1.29, 1.82) is 0 Å². The highest BCUT2D eigenvalue weighted by molar-refractivity contribution is 6.07. The Morgan fingerprint density at radius 1 is 1.16 bits per heavy atom. The summed E-state index contributed by atoms with van der Waals surface area (Å²) < 4.78 is 24.8. The molecule has 5 nitrogen and oxygen atoms in total. The first-order chi connectivity index (χ1) is 12.1. The van der Waals surface area contributed by atoms with Crippen LogP contribution in [0.1, 0.15) is 23.6 Å². The molecule has 2 aromatic rings. The van der Waals surface area contributed by atoms with Gasteiger partial charge in [0.1, 0.15) is 17.3 Å². The summed E-state index contributed by atoms with van der Waals surface area (Å²) in [5.41, 5.74) is 1.32. The zero-order valence-corrected chi connectivity index (χ0v) is 14.1. The summed E-state index contributed by atoms with van der Waals surface area (Å²) in [4.78, 5) is 13.0. The van der Waals surface area contributed by atoms with Crippen LogP contribution in [0.25, 0.3) is 0 Å². The molecule has 2 aromatic carbocycles. The van der Waals surface area contributed by atoms with Gasteiger partial charge in [-0.25, -0.2) is 4.39 Å². The summed E-state index contributed by atoms with van der Waals surface area (Å²) in [6.45, 7) is 0.647. The molecule has 2 aliphatic heterocycles. The van der Waals surface area contributed by atoms with E-state index < -0.39 is 5.41 Å². The predicted octanol–water partition coefficient (Wildman–Crippen LogP) is 2.77. The zero-order chi connectivity index (χ0) is 17.6. The second-order valence-corrected chi connectivity index (χ2v) is 6.36. The van der Waals surface area contributed by atoms with Gasteiger partial charge in [0.15, 0.2) is 0 Å². The molecule has 1 fully saturated rings. The van der Waals surface area contributed by atoms with Crippen molar-refractivity contribution in [3.63, 3.8) is 0 Å². The average Bonchev–Trinajstić information content (AvgIpc) is 3.18. The minimum absolute atomic E-state index is 0.118. The van der Waals surface area contributed by atoms with E-state index in [0.29, 0.717) is 35.7 Å². The number of carbonyl (C=O) groups is 1. The number of ether oxygens (including phenoxy) is 2. The molecular formula is C19H19FN2O3. The summed E-state index contributed by atoms with van der Waals surface area (Å²) in [7, 11) is 3.19. The molecule has 25 heavy (non-hydrogen) atoms. The fraction of sp³-hybridized carbons (Fsp3) is 0.316. The van der Waals surface area contributed by atoms with E-state index in [9.17, 15) is 9.18 Å². The van der Waals surface area contributed by atoms with Crippen molar-refractivity contribution in [2.75, 3.05) is 26.1 Å². The molecule has 2 atom stereocenters. The standard InChI is InChI=1S/C19H19FN2O3/c1-24-12-4-6-16(25-2)13(10-12)17-19(7-8-21-17)14-9-11(20)3-5-15(14)22-18(19)23/h3-6,9-10,17,21H,7-8H2,1-2H3,(H,22,23). The lowest BCUT2D eigenvalue weighted by atomic mass is 9.72. The summed E-state index contributed by atoms with van der Waals surface area (Å²) in [5.74, 6) is 0.876. The first kappa shape index (κ1) is 15.9. The van der Waals surface area contributed by atoms with Gasteiger partial charge in [-0.15, -0.1) is 0 Å². The minimum Gasteiger partial charge on any atom is -0.497 e. The Morgan fingerprint density at radius 2 is 2.00 bits per heavy atom. The van der Waals surface area contributed by atoms with Gasteiger partial charge in [0.05, 0.1) is 25.7 Å². The third kappa shape index (κ3) is 2.21. The molecule has 1 saturated heterocycles. The van der Waals surface area contributed by atoms with Crippen molar-refractivity contribution in [1.82, 2.24) is 5.32 Å². The van der Waals surface area contributed by atoms with Gasteiger partial charge in [0.25, 0.3) is 0 Å². The summed E-state index contributed by atoms with van der Waals surface area (Å²) >= 11 is 0. The molecule has 0 radical (unpaired) electrons. The first-order valence-corrected chi connectivity index (χ1v) is 8.17. The summed E-state index contributed by atoms with van der Waals surface area (Å²) in [5, 5.41) is 6.31. The van der Waals surface area contributed by atoms with Crippen LogP contribution in [0.2, 0.25) is 0 Å². The minimum atomic E-state index is -0.864. The van der Waals surface area contributed by atoms with E-state index in [1.807, 2.05) is 18.2 Å². The highest BCUT2D eigenvalue weighted by Crippen LogP contribution is 2.52. The number of anilines is 1. The highest BCUT2D eigenvalue weighted by atomic mass is 19.1. The fourth-order valence-corrected chi connectivity index (χ4v) is 4.06. The van der Waals surface area contributed by atoms with E-state index in [2.05, 4.69) is 10.6 Å². The van der Waals surface area contributed by atoms with Crippen LogP contribution < -0.4 is 20.1 Å². The molecule has 130 valence electrons. The molecule has 2 unspecified atom stereocenters. The fourth-order valence-electron chi connectivity index (χ4n) is 4.06. The number of nitrogens with one attached hydrogen (secondary N) is 2. The van der Waals surface area contributed by atoms with Crippen molar-refractivity contribution in [2.45, 2.75) is 17.9 Å². The van der Waals surface area contributed by atoms with Crippen molar-refractivity contribution in [3.8, 4) is 11.5 Å². The maximum atomic E-state index is 13.9. The van der Waals surface area contributed by atoms with E-state index in [4.69, 9.17) is 9.47 Å². The number of carbonyl (C=O) groups excluding carboxylic acids is 1. The molecule has 0 saturated carbocycles. The molecule has 1 amide bonds. The van der Waals surface area contributed by atoms with Gasteiger partial charge in [-0.1, -0.05) is 0 Å². The van der Waals surface area contributed by atoms with Crippen molar-refractivity contribution in [3.05, 3.63) is 53.3 Å². The number of methoxy groups -OCH3 is 2. The molecule has 6 heteroatoms. The summed E-state index contributed by atoms with van der Waals surface area (Å²) in [6.07, 6.45) is 0.584.